The highest BCUT2D eigenvalue weighted by Crippen LogP contribution is 2.20. The molecule has 0 aliphatic rings. The maximum Gasteiger partial charge on any atom is 0.308 e. The molecule has 1 atom stereocenters. The van der Waals surface area contributed by atoms with Crippen LogP contribution in [0.1, 0.15) is 13.3 Å². The van der Waals surface area contributed by atoms with Crippen LogP contribution in [-0.2, 0) is 9.53 Å². The van der Waals surface area contributed by atoms with Gasteiger partial charge in [0.05, 0.1) is 26.2 Å². The van der Waals surface area contributed by atoms with Crippen molar-refractivity contribution in [1.82, 2.24) is 0 Å². The van der Waals surface area contributed by atoms with Crippen LogP contribution >= 0.6 is 0 Å². The van der Waals surface area contributed by atoms with E-state index >= 15 is 0 Å². The van der Waals surface area contributed by atoms with Crippen LogP contribution in [0.3, 0.4) is 0 Å². The number of methoxy groups -OCH3 is 1. The van der Waals surface area contributed by atoms with Gasteiger partial charge in [-0.05, 0) is 19.1 Å². The molecule has 0 spiro atoms. The Labute approximate surface area is 113 Å². The summed E-state index contributed by atoms with van der Waals surface area (Å²) in [6.07, 6.45) is -0.752. The van der Waals surface area contributed by atoms with E-state index < -0.39 is 6.10 Å². The van der Waals surface area contributed by atoms with E-state index in [2.05, 4.69) is 0 Å². The second kappa shape index (κ2) is 7.63. The minimum absolute atomic E-state index is 0.00213. The lowest BCUT2D eigenvalue weighted by atomic mass is 10.2. The molecule has 0 radical (unpaired) electrons. The summed E-state index contributed by atoms with van der Waals surface area (Å²) in [5, 5.41) is 9.83. The fourth-order valence-corrected chi connectivity index (χ4v) is 1.75. The summed E-state index contributed by atoms with van der Waals surface area (Å²) in [6, 6.07) is 7.52. The molecule has 5 nitrogen and oxygen atoms in total. The number of aliphatic hydroxyl groups excluding tert-OH is 1. The largest absolute Gasteiger partial charge is 0.497 e. The SMILES string of the molecule is CCOC(=O)CC(O)CN(C)c1cccc(OC)c1. The van der Waals surface area contributed by atoms with Gasteiger partial charge in [0.2, 0.25) is 0 Å². The van der Waals surface area contributed by atoms with Crippen molar-refractivity contribution in [2.75, 3.05) is 32.2 Å². The third kappa shape index (κ3) is 5.18. The Morgan fingerprint density at radius 3 is 2.84 bits per heavy atom. The molecular formula is C14H21NO4. The summed E-state index contributed by atoms with van der Waals surface area (Å²) < 4.78 is 9.94. The third-order valence-corrected chi connectivity index (χ3v) is 2.69. The molecule has 0 saturated carbocycles. The van der Waals surface area contributed by atoms with E-state index in [1.165, 1.54) is 0 Å². The van der Waals surface area contributed by atoms with Crippen LogP contribution < -0.4 is 9.64 Å². The first-order chi connectivity index (χ1) is 9.06. The zero-order valence-electron chi connectivity index (χ0n) is 11.6. The fraction of sp³-hybridized carbons (Fsp3) is 0.500. The average molecular weight is 267 g/mol. The molecule has 0 saturated heterocycles. The molecular weight excluding hydrogens is 246 g/mol. The van der Waals surface area contributed by atoms with Crippen molar-refractivity contribution >= 4 is 11.7 Å². The van der Waals surface area contributed by atoms with Crippen LogP contribution in [0, 0.1) is 0 Å². The molecule has 0 aliphatic heterocycles. The second-order valence-electron chi connectivity index (χ2n) is 4.24. The Kier molecular flexibility index (Phi) is 6.15. The van der Waals surface area contributed by atoms with Crippen LogP contribution in [0.4, 0.5) is 5.69 Å². The number of carbonyl (C=O) groups excluding carboxylic acids is 1. The van der Waals surface area contributed by atoms with Crippen LogP contribution in [-0.4, -0.2) is 44.5 Å². The van der Waals surface area contributed by atoms with Crippen molar-refractivity contribution in [1.29, 1.82) is 0 Å². The number of anilines is 1. The second-order valence-corrected chi connectivity index (χ2v) is 4.24. The number of rotatable bonds is 7. The minimum atomic E-state index is -0.754. The van der Waals surface area contributed by atoms with Gasteiger partial charge in [-0.3, -0.25) is 4.79 Å². The van der Waals surface area contributed by atoms with E-state index in [1.807, 2.05) is 36.2 Å². The molecule has 1 rings (SSSR count). The fourth-order valence-electron chi connectivity index (χ4n) is 1.75. The Hall–Kier alpha value is -1.75. The molecule has 1 N–H and O–H groups in total. The van der Waals surface area contributed by atoms with Gasteiger partial charge in [0.25, 0.3) is 0 Å². The van der Waals surface area contributed by atoms with E-state index in [-0.39, 0.29) is 12.4 Å². The third-order valence-electron chi connectivity index (χ3n) is 2.69. The van der Waals surface area contributed by atoms with Gasteiger partial charge in [0, 0.05) is 25.3 Å². The molecule has 106 valence electrons. The monoisotopic (exact) mass is 267 g/mol. The highest BCUT2D eigenvalue weighted by atomic mass is 16.5. The van der Waals surface area contributed by atoms with Gasteiger partial charge in [0.1, 0.15) is 5.75 Å². The lowest BCUT2D eigenvalue weighted by Crippen LogP contribution is -2.31. The van der Waals surface area contributed by atoms with Gasteiger partial charge < -0.3 is 19.5 Å². The Morgan fingerprint density at radius 2 is 2.21 bits per heavy atom. The number of likely N-dealkylation sites (N-methyl/N-ethyl adjacent to an activating group) is 1. The minimum Gasteiger partial charge on any atom is -0.497 e. The zero-order valence-corrected chi connectivity index (χ0v) is 11.6. The number of hydrogen-bond acceptors (Lipinski definition) is 5. The zero-order chi connectivity index (χ0) is 14.3. The summed E-state index contributed by atoms with van der Waals surface area (Å²) in [4.78, 5) is 13.1. The van der Waals surface area contributed by atoms with Gasteiger partial charge in [-0.2, -0.15) is 0 Å². The molecule has 0 fully saturated rings. The van der Waals surface area contributed by atoms with Crippen molar-refractivity contribution in [2.24, 2.45) is 0 Å². The molecule has 0 amide bonds. The number of hydrogen-bond donors (Lipinski definition) is 1. The van der Waals surface area contributed by atoms with E-state index in [1.54, 1.807) is 14.0 Å². The van der Waals surface area contributed by atoms with Crippen LogP contribution in [0.2, 0.25) is 0 Å². The lowest BCUT2D eigenvalue weighted by molar-refractivity contribution is -0.145. The number of aliphatic hydroxyl groups is 1. The first-order valence-electron chi connectivity index (χ1n) is 6.25. The molecule has 5 heteroatoms. The number of benzene rings is 1. The number of nitrogens with zero attached hydrogens (tertiary/aromatic N) is 1. The topological polar surface area (TPSA) is 59.0 Å². The first-order valence-corrected chi connectivity index (χ1v) is 6.25. The van der Waals surface area contributed by atoms with Crippen molar-refractivity contribution in [3.8, 4) is 5.75 Å². The summed E-state index contributed by atoms with van der Waals surface area (Å²) in [5.74, 6) is 0.373. The highest BCUT2D eigenvalue weighted by molar-refractivity contribution is 5.70. The Morgan fingerprint density at radius 1 is 1.47 bits per heavy atom. The van der Waals surface area contributed by atoms with Crippen LogP contribution in [0.5, 0.6) is 5.75 Å². The first kappa shape index (κ1) is 15.3. The summed E-state index contributed by atoms with van der Waals surface area (Å²) in [6.45, 7) is 2.43. The molecule has 0 heterocycles. The van der Waals surface area contributed by atoms with Crippen molar-refractivity contribution in [3.63, 3.8) is 0 Å². The molecule has 1 unspecified atom stereocenters. The van der Waals surface area contributed by atoms with Gasteiger partial charge in [-0.25, -0.2) is 0 Å². The lowest BCUT2D eigenvalue weighted by Gasteiger charge is -2.22. The average Bonchev–Trinajstić information content (AvgIpc) is 2.38. The summed E-state index contributed by atoms with van der Waals surface area (Å²) in [7, 11) is 3.46. The maximum atomic E-state index is 11.3. The molecule has 1 aromatic carbocycles. The number of esters is 1. The van der Waals surface area contributed by atoms with Crippen molar-refractivity contribution in [2.45, 2.75) is 19.4 Å². The standard InChI is InChI=1S/C14H21NO4/c1-4-19-14(17)9-12(16)10-15(2)11-6-5-7-13(8-11)18-3/h5-8,12,16H,4,9-10H2,1-3H3. The smallest absolute Gasteiger partial charge is 0.308 e. The van der Waals surface area contributed by atoms with E-state index in [0.717, 1.165) is 11.4 Å². The van der Waals surface area contributed by atoms with Crippen molar-refractivity contribution in [3.05, 3.63) is 24.3 Å². The molecule has 0 aliphatic carbocycles. The Balaban J connectivity index is 2.53. The highest BCUT2D eigenvalue weighted by Gasteiger charge is 2.14. The van der Waals surface area contributed by atoms with Gasteiger partial charge in [-0.15, -0.1) is 0 Å². The summed E-state index contributed by atoms with van der Waals surface area (Å²) in [5.41, 5.74) is 0.919. The number of ether oxygens (including phenoxy) is 2. The Bertz CT molecular complexity index is 408. The van der Waals surface area contributed by atoms with Crippen LogP contribution in [0.15, 0.2) is 24.3 Å². The molecule has 1 aromatic rings. The molecule has 0 aromatic heterocycles. The van der Waals surface area contributed by atoms with Gasteiger partial charge in [0.15, 0.2) is 0 Å². The maximum absolute atomic E-state index is 11.3. The summed E-state index contributed by atoms with van der Waals surface area (Å²) >= 11 is 0. The quantitative estimate of drug-likeness (QED) is 0.758. The van der Waals surface area contributed by atoms with Crippen molar-refractivity contribution < 1.29 is 19.4 Å². The molecule has 0 bridgehead atoms. The normalized spacial score (nSPS) is 11.8. The van der Waals surface area contributed by atoms with E-state index in [9.17, 15) is 9.90 Å². The number of carbonyl (C=O) groups is 1. The predicted octanol–water partition coefficient (Wildman–Crippen LogP) is 1.45. The predicted molar refractivity (Wildman–Crippen MR) is 73.5 cm³/mol. The molecule has 19 heavy (non-hydrogen) atoms. The van der Waals surface area contributed by atoms with E-state index in [4.69, 9.17) is 9.47 Å². The van der Waals surface area contributed by atoms with Gasteiger partial charge in [-0.1, -0.05) is 6.07 Å². The van der Waals surface area contributed by atoms with Crippen LogP contribution in [0.25, 0.3) is 0 Å². The van der Waals surface area contributed by atoms with E-state index in [0.29, 0.717) is 13.2 Å². The van der Waals surface area contributed by atoms with Gasteiger partial charge >= 0.3 is 5.97 Å².